The van der Waals surface area contributed by atoms with Crippen LogP contribution in [0.1, 0.15) is 23.1 Å². The number of benzene rings is 2. The second-order valence-electron chi connectivity index (χ2n) is 6.71. The van der Waals surface area contributed by atoms with Crippen molar-refractivity contribution in [2.75, 3.05) is 7.05 Å². The molecule has 1 N–H and O–H groups in total. The number of oxazole rings is 1. The summed E-state index contributed by atoms with van der Waals surface area (Å²) in [5.41, 5.74) is 2.60. The molecule has 140 valence electrons. The first-order valence-electron chi connectivity index (χ1n) is 8.49. The molecule has 1 aliphatic rings. The average molecular weight is 407 g/mol. The van der Waals surface area contributed by atoms with E-state index in [9.17, 15) is 9.50 Å². The van der Waals surface area contributed by atoms with E-state index in [0.29, 0.717) is 34.7 Å². The second kappa shape index (κ2) is 7.24. The van der Waals surface area contributed by atoms with Crippen LogP contribution in [0, 0.1) is 5.82 Å². The Balaban J connectivity index is 1.55. The van der Waals surface area contributed by atoms with Crippen molar-refractivity contribution in [1.29, 1.82) is 0 Å². The molecular weight excluding hydrogens is 390 g/mol. The Morgan fingerprint density at radius 3 is 2.74 bits per heavy atom. The monoisotopic (exact) mass is 406 g/mol. The summed E-state index contributed by atoms with van der Waals surface area (Å²) in [5.74, 6) is 0.770. The van der Waals surface area contributed by atoms with Gasteiger partial charge >= 0.3 is 0 Å². The lowest BCUT2D eigenvalue weighted by molar-refractivity contribution is 0.0681. The summed E-state index contributed by atoms with van der Waals surface area (Å²) >= 11 is 12.4. The Morgan fingerprint density at radius 2 is 2.00 bits per heavy atom. The van der Waals surface area contributed by atoms with Crippen LogP contribution in [-0.4, -0.2) is 28.1 Å². The zero-order valence-corrected chi connectivity index (χ0v) is 16.0. The van der Waals surface area contributed by atoms with E-state index in [2.05, 4.69) is 4.98 Å². The molecular formula is C20H17Cl2FN2O2. The van der Waals surface area contributed by atoms with Gasteiger partial charge in [0, 0.05) is 22.0 Å². The molecule has 4 rings (SSSR count). The van der Waals surface area contributed by atoms with E-state index in [-0.39, 0.29) is 11.9 Å². The van der Waals surface area contributed by atoms with Gasteiger partial charge in [-0.25, -0.2) is 9.37 Å². The fourth-order valence-corrected chi connectivity index (χ4v) is 4.19. The third-order valence-electron chi connectivity index (χ3n) is 4.83. The van der Waals surface area contributed by atoms with Gasteiger partial charge in [0.1, 0.15) is 5.82 Å². The number of nitrogens with zero attached hydrogens (tertiary/aromatic N) is 2. The van der Waals surface area contributed by atoms with Crippen LogP contribution in [0.15, 0.2) is 47.0 Å². The molecule has 0 saturated carbocycles. The maximum atomic E-state index is 13.1. The van der Waals surface area contributed by atoms with Crippen LogP contribution in [0.25, 0.3) is 11.3 Å². The van der Waals surface area contributed by atoms with E-state index in [4.69, 9.17) is 27.6 Å². The average Bonchev–Trinajstić information content (AvgIpc) is 3.19. The second-order valence-corrected chi connectivity index (χ2v) is 7.56. The van der Waals surface area contributed by atoms with Gasteiger partial charge in [-0.15, -0.1) is 0 Å². The smallest absolute Gasteiger partial charge is 0.209 e. The number of rotatable bonds is 4. The summed E-state index contributed by atoms with van der Waals surface area (Å²) in [5, 5.41) is 11.7. The summed E-state index contributed by atoms with van der Waals surface area (Å²) < 4.78 is 18.9. The predicted octanol–water partition coefficient (Wildman–Crippen LogP) is 4.88. The largest absolute Gasteiger partial charge is 0.439 e. The van der Waals surface area contributed by atoms with Crippen molar-refractivity contribution < 1.29 is 13.9 Å². The minimum absolute atomic E-state index is 0.252. The highest BCUT2D eigenvalue weighted by Gasteiger charge is 2.36. The number of aliphatic hydroxyl groups excluding tert-OH is 1. The van der Waals surface area contributed by atoms with Crippen LogP contribution >= 0.6 is 23.2 Å². The zero-order valence-electron chi connectivity index (χ0n) is 14.5. The van der Waals surface area contributed by atoms with Crippen molar-refractivity contribution in [2.24, 2.45) is 0 Å². The molecule has 0 fully saturated rings. The maximum absolute atomic E-state index is 13.1. The SMILES string of the molecule is CN(Cc1ncc(-c2ccc(F)cc2)o1)C1c2cc(Cl)cc(Cl)c2CC1O. The summed E-state index contributed by atoms with van der Waals surface area (Å²) in [6.45, 7) is 0.395. The van der Waals surface area contributed by atoms with Gasteiger partial charge in [0.25, 0.3) is 0 Å². The van der Waals surface area contributed by atoms with Crippen LogP contribution in [0.3, 0.4) is 0 Å². The Labute approximate surface area is 166 Å². The normalized spacial score (nSPS) is 18.9. The predicted molar refractivity (Wildman–Crippen MR) is 102 cm³/mol. The highest BCUT2D eigenvalue weighted by Crippen LogP contribution is 2.41. The Bertz CT molecular complexity index is 975. The van der Waals surface area contributed by atoms with Crippen LogP contribution in [-0.2, 0) is 13.0 Å². The van der Waals surface area contributed by atoms with Crippen molar-refractivity contribution in [3.8, 4) is 11.3 Å². The lowest BCUT2D eigenvalue weighted by atomic mass is 10.1. The molecule has 1 aliphatic carbocycles. The van der Waals surface area contributed by atoms with Gasteiger partial charge in [0.15, 0.2) is 5.76 Å². The summed E-state index contributed by atoms with van der Waals surface area (Å²) in [6.07, 6.45) is 1.50. The number of hydrogen-bond donors (Lipinski definition) is 1. The molecule has 7 heteroatoms. The zero-order chi connectivity index (χ0) is 19.1. The Morgan fingerprint density at radius 1 is 1.26 bits per heavy atom. The minimum Gasteiger partial charge on any atom is -0.439 e. The third kappa shape index (κ3) is 3.60. The fourth-order valence-electron chi connectivity index (χ4n) is 3.60. The molecule has 27 heavy (non-hydrogen) atoms. The van der Waals surface area contributed by atoms with Crippen LogP contribution in [0.2, 0.25) is 10.0 Å². The van der Waals surface area contributed by atoms with Gasteiger partial charge in [-0.05, 0) is 54.6 Å². The molecule has 0 aliphatic heterocycles. The van der Waals surface area contributed by atoms with E-state index < -0.39 is 6.10 Å². The summed E-state index contributed by atoms with van der Waals surface area (Å²) in [7, 11) is 1.89. The molecule has 2 aromatic carbocycles. The van der Waals surface area contributed by atoms with E-state index in [0.717, 1.165) is 16.7 Å². The highest BCUT2D eigenvalue weighted by molar-refractivity contribution is 6.35. The Kier molecular flexibility index (Phi) is 4.95. The standard InChI is InChI=1S/C20H17Cl2FN2O2/c1-25(20-15-6-12(21)7-16(22)14(15)8-17(20)26)10-19-24-9-18(27-19)11-2-4-13(23)5-3-11/h2-7,9,17,20,26H,8,10H2,1H3. The third-order valence-corrected chi connectivity index (χ3v) is 5.39. The number of hydrogen-bond acceptors (Lipinski definition) is 4. The lowest BCUT2D eigenvalue weighted by Gasteiger charge is -2.26. The van der Waals surface area contributed by atoms with E-state index >= 15 is 0 Å². The van der Waals surface area contributed by atoms with Crippen molar-refractivity contribution in [1.82, 2.24) is 9.88 Å². The molecule has 0 radical (unpaired) electrons. The first kappa shape index (κ1) is 18.4. The van der Waals surface area contributed by atoms with Gasteiger partial charge in [0.05, 0.1) is 24.9 Å². The van der Waals surface area contributed by atoms with Gasteiger partial charge in [0.2, 0.25) is 5.89 Å². The molecule has 3 aromatic rings. The number of likely N-dealkylation sites (N-methyl/N-ethyl adjacent to an activating group) is 1. The van der Waals surface area contributed by atoms with Crippen LogP contribution in [0.5, 0.6) is 0 Å². The molecule has 1 heterocycles. The quantitative estimate of drug-likeness (QED) is 0.670. The molecule has 0 saturated heterocycles. The minimum atomic E-state index is -0.590. The first-order valence-corrected chi connectivity index (χ1v) is 9.24. The van der Waals surface area contributed by atoms with E-state index in [1.165, 1.54) is 12.1 Å². The van der Waals surface area contributed by atoms with Crippen molar-refractivity contribution in [3.63, 3.8) is 0 Å². The van der Waals surface area contributed by atoms with Crippen molar-refractivity contribution >= 4 is 23.2 Å². The number of fused-ring (bicyclic) bond motifs is 1. The molecule has 1 aromatic heterocycles. The molecule has 2 unspecified atom stereocenters. The summed E-state index contributed by atoms with van der Waals surface area (Å²) in [6, 6.07) is 9.33. The molecule has 0 spiro atoms. The van der Waals surface area contributed by atoms with Gasteiger partial charge in [-0.2, -0.15) is 0 Å². The van der Waals surface area contributed by atoms with E-state index in [1.807, 2.05) is 18.0 Å². The number of aliphatic hydroxyl groups is 1. The molecule has 0 amide bonds. The number of aromatic nitrogens is 1. The van der Waals surface area contributed by atoms with E-state index in [1.54, 1.807) is 24.4 Å². The first-order chi connectivity index (χ1) is 12.9. The topological polar surface area (TPSA) is 49.5 Å². The van der Waals surface area contributed by atoms with Crippen molar-refractivity contribution in [2.45, 2.75) is 25.1 Å². The highest BCUT2D eigenvalue weighted by atomic mass is 35.5. The summed E-state index contributed by atoms with van der Waals surface area (Å²) in [4.78, 5) is 6.27. The molecule has 4 nitrogen and oxygen atoms in total. The van der Waals surface area contributed by atoms with Gasteiger partial charge in [-0.1, -0.05) is 23.2 Å². The van der Waals surface area contributed by atoms with Gasteiger partial charge in [-0.3, -0.25) is 4.90 Å². The fraction of sp³-hybridized carbons (Fsp3) is 0.250. The maximum Gasteiger partial charge on any atom is 0.209 e. The Hall–Kier alpha value is -1.92. The lowest BCUT2D eigenvalue weighted by Crippen LogP contribution is -2.30. The number of halogens is 3. The molecule has 2 atom stereocenters. The van der Waals surface area contributed by atoms with Crippen LogP contribution < -0.4 is 0 Å². The van der Waals surface area contributed by atoms with Crippen LogP contribution in [0.4, 0.5) is 4.39 Å². The van der Waals surface area contributed by atoms with Crippen molar-refractivity contribution in [3.05, 3.63) is 75.5 Å². The molecule has 0 bridgehead atoms. The van der Waals surface area contributed by atoms with Gasteiger partial charge < -0.3 is 9.52 Å².